The predicted molar refractivity (Wildman–Crippen MR) is 94.5 cm³/mol. The number of para-hydroxylation sites is 1. The molecule has 0 fully saturated rings. The molecule has 0 radical (unpaired) electrons. The molecule has 2 aromatic carbocycles. The molecule has 3 aromatic rings. The Hall–Kier alpha value is -3.48. The Morgan fingerprint density at radius 1 is 1.12 bits per heavy atom. The highest BCUT2D eigenvalue weighted by Gasteiger charge is 2.20. The van der Waals surface area contributed by atoms with E-state index in [1.54, 1.807) is 24.3 Å². The van der Waals surface area contributed by atoms with Gasteiger partial charge in [-0.25, -0.2) is 9.18 Å². The van der Waals surface area contributed by atoms with Gasteiger partial charge in [-0.1, -0.05) is 12.1 Å². The fraction of sp³-hybridized carbons (Fsp3) is 0.105. The molecule has 0 spiro atoms. The Morgan fingerprint density at radius 3 is 2.54 bits per heavy atom. The van der Waals surface area contributed by atoms with Crippen LogP contribution in [0.1, 0.15) is 17.4 Å². The molecule has 1 amide bonds. The van der Waals surface area contributed by atoms with Crippen molar-refractivity contribution in [2.24, 2.45) is 0 Å². The van der Waals surface area contributed by atoms with Crippen LogP contribution in [0.25, 0.3) is 10.9 Å². The Kier molecular flexibility index (Phi) is 4.79. The summed E-state index contributed by atoms with van der Waals surface area (Å²) < 4.78 is 18.0. The summed E-state index contributed by atoms with van der Waals surface area (Å²) >= 11 is 0. The second-order valence-corrected chi connectivity index (χ2v) is 5.64. The van der Waals surface area contributed by atoms with Gasteiger partial charge in [-0.3, -0.25) is 9.59 Å². The number of ether oxygens (including phenoxy) is 1. The Morgan fingerprint density at radius 2 is 1.81 bits per heavy atom. The van der Waals surface area contributed by atoms with E-state index < -0.39 is 23.8 Å². The van der Waals surface area contributed by atoms with Crippen LogP contribution in [0, 0.1) is 5.82 Å². The van der Waals surface area contributed by atoms with Crippen LogP contribution in [0.2, 0.25) is 0 Å². The first-order valence-corrected chi connectivity index (χ1v) is 7.83. The van der Waals surface area contributed by atoms with Crippen LogP contribution in [-0.2, 0) is 9.53 Å². The maximum atomic E-state index is 12.9. The Balaban J connectivity index is 1.71. The standard InChI is InChI=1S/C19H15FN2O4/c1-11(18(24)21-13-8-6-12(20)7-9-13)26-19(25)16-10-17(23)14-4-2-3-5-15(14)22-16/h2-11H,1H3,(H,21,24)(H,22,23)/t11-/m1/s1. The van der Waals surface area contributed by atoms with Crippen LogP contribution in [0.15, 0.2) is 59.4 Å². The van der Waals surface area contributed by atoms with Crippen molar-refractivity contribution in [3.8, 4) is 0 Å². The van der Waals surface area contributed by atoms with Crippen LogP contribution in [0.4, 0.5) is 10.1 Å². The first-order valence-electron chi connectivity index (χ1n) is 7.83. The third-order valence-electron chi connectivity index (χ3n) is 3.72. The second kappa shape index (κ2) is 7.18. The summed E-state index contributed by atoms with van der Waals surface area (Å²) in [6.45, 7) is 1.40. The number of esters is 1. The van der Waals surface area contributed by atoms with Gasteiger partial charge in [0.1, 0.15) is 11.5 Å². The van der Waals surface area contributed by atoms with Crippen molar-refractivity contribution in [2.75, 3.05) is 5.32 Å². The number of anilines is 1. The summed E-state index contributed by atoms with van der Waals surface area (Å²) in [7, 11) is 0. The largest absolute Gasteiger partial charge is 0.448 e. The number of amides is 1. The Labute approximate surface area is 147 Å². The van der Waals surface area contributed by atoms with Gasteiger partial charge in [-0.15, -0.1) is 0 Å². The van der Waals surface area contributed by atoms with E-state index in [0.29, 0.717) is 16.6 Å². The molecule has 0 aliphatic heterocycles. The molecule has 6 nitrogen and oxygen atoms in total. The molecule has 132 valence electrons. The van der Waals surface area contributed by atoms with Gasteiger partial charge in [0.05, 0.1) is 0 Å². The molecule has 26 heavy (non-hydrogen) atoms. The third kappa shape index (κ3) is 3.77. The number of fused-ring (bicyclic) bond motifs is 1. The Bertz CT molecular complexity index is 1030. The van der Waals surface area contributed by atoms with E-state index in [9.17, 15) is 18.8 Å². The normalized spacial score (nSPS) is 11.8. The van der Waals surface area contributed by atoms with Crippen molar-refractivity contribution >= 4 is 28.5 Å². The fourth-order valence-corrected chi connectivity index (χ4v) is 2.36. The lowest BCUT2D eigenvalue weighted by atomic mass is 10.2. The number of aromatic nitrogens is 1. The molecule has 0 aliphatic carbocycles. The molecular formula is C19H15FN2O4. The maximum Gasteiger partial charge on any atom is 0.355 e. The highest BCUT2D eigenvalue weighted by Crippen LogP contribution is 2.11. The molecule has 1 aromatic heterocycles. The van der Waals surface area contributed by atoms with Gasteiger partial charge in [0.15, 0.2) is 11.5 Å². The number of hydrogen-bond donors (Lipinski definition) is 2. The minimum Gasteiger partial charge on any atom is -0.448 e. The fourth-order valence-electron chi connectivity index (χ4n) is 2.36. The number of nitrogens with one attached hydrogen (secondary N) is 2. The summed E-state index contributed by atoms with van der Waals surface area (Å²) in [6, 6.07) is 13.1. The molecule has 1 atom stereocenters. The first-order chi connectivity index (χ1) is 12.4. The molecule has 7 heteroatoms. The van der Waals surface area contributed by atoms with E-state index in [4.69, 9.17) is 4.74 Å². The number of rotatable bonds is 4. The van der Waals surface area contributed by atoms with Crippen LogP contribution < -0.4 is 10.7 Å². The van der Waals surface area contributed by atoms with Gasteiger partial charge in [-0.05, 0) is 43.3 Å². The molecule has 2 N–H and O–H groups in total. The maximum absolute atomic E-state index is 12.9. The van der Waals surface area contributed by atoms with Crippen molar-refractivity contribution in [1.29, 1.82) is 0 Å². The van der Waals surface area contributed by atoms with Crippen LogP contribution in [0.3, 0.4) is 0 Å². The highest BCUT2D eigenvalue weighted by atomic mass is 19.1. The van der Waals surface area contributed by atoms with Gasteiger partial charge >= 0.3 is 5.97 Å². The average Bonchev–Trinajstić information content (AvgIpc) is 2.63. The second-order valence-electron chi connectivity index (χ2n) is 5.64. The summed E-state index contributed by atoms with van der Waals surface area (Å²) in [5.74, 6) is -1.83. The predicted octanol–water partition coefficient (Wildman–Crippen LogP) is 2.85. The topological polar surface area (TPSA) is 88.3 Å². The zero-order valence-corrected chi connectivity index (χ0v) is 13.8. The minimum atomic E-state index is -1.11. The van der Waals surface area contributed by atoms with Crippen molar-refractivity contribution in [2.45, 2.75) is 13.0 Å². The minimum absolute atomic E-state index is 0.0462. The van der Waals surface area contributed by atoms with Crippen molar-refractivity contribution in [3.63, 3.8) is 0 Å². The lowest BCUT2D eigenvalue weighted by molar-refractivity contribution is -0.123. The molecular weight excluding hydrogens is 339 g/mol. The van der Waals surface area contributed by atoms with Gasteiger partial charge in [0, 0.05) is 22.7 Å². The zero-order valence-electron chi connectivity index (χ0n) is 13.8. The highest BCUT2D eigenvalue weighted by molar-refractivity contribution is 5.97. The van der Waals surface area contributed by atoms with Crippen LogP contribution in [0.5, 0.6) is 0 Å². The number of halogens is 1. The average molecular weight is 354 g/mol. The number of carbonyl (C=O) groups is 2. The lowest BCUT2D eigenvalue weighted by Crippen LogP contribution is -2.30. The van der Waals surface area contributed by atoms with E-state index in [1.807, 2.05) is 0 Å². The summed E-state index contributed by atoms with van der Waals surface area (Å²) in [4.78, 5) is 39.2. The molecule has 0 bridgehead atoms. The number of pyridine rings is 1. The van der Waals surface area contributed by atoms with Gasteiger partial charge in [0.25, 0.3) is 5.91 Å². The molecule has 0 aliphatic rings. The molecule has 0 unspecified atom stereocenters. The smallest absolute Gasteiger partial charge is 0.355 e. The zero-order chi connectivity index (χ0) is 18.7. The summed E-state index contributed by atoms with van der Waals surface area (Å²) in [6.07, 6.45) is -1.11. The molecule has 1 heterocycles. The number of hydrogen-bond acceptors (Lipinski definition) is 4. The van der Waals surface area contributed by atoms with Crippen molar-refractivity contribution < 1.29 is 18.7 Å². The quantitative estimate of drug-likeness (QED) is 0.705. The summed E-state index contributed by atoms with van der Waals surface area (Å²) in [5, 5.41) is 2.96. The van der Waals surface area contributed by atoms with Gasteiger partial charge in [-0.2, -0.15) is 0 Å². The van der Waals surface area contributed by atoms with Gasteiger partial charge in [0.2, 0.25) is 0 Å². The lowest BCUT2D eigenvalue weighted by Gasteiger charge is -2.13. The molecule has 0 saturated carbocycles. The van der Waals surface area contributed by atoms with E-state index in [-0.39, 0.29) is 11.1 Å². The van der Waals surface area contributed by atoms with Crippen molar-refractivity contribution in [3.05, 3.63) is 76.3 Å². The van der Waals surface area contributed by atoms with Crippen LogP contribution in [-0.4, -0.2) is 23.0 Å². The summed E-state index contributed by atoms with van der Waals surface area (Å²) in [5.41, 5.74) is 0.499. The number of aromatic amines is 1. The van der Waals surface area contributed by atoms with E-state index in [1.165, 1.54) is 31.2 Å². The monoisotopic (exact) mass is 354 g/mol. The third-order valence-corrected chi connectivity index (χ3v) is 3.72. The van der Waals surface area contributed by atoms with Crippen molar-refractivity contribution in [1.82, 2.24) is 4.98 Å². The number of H-pyrrole nitrogens is 1. The van der Waals surface area contributed by atoms with E-state index >= 15 is 0 Å². The number of carbonyl (C=O) groups excluding carboxylic acids is 2. The van der Waals surface area contributed by atoms with E-state index in [2.05, 4.69) is 10.3 Å². The van der Waals surface area contributed by atoms with E-state index in [0.717, 1.165) is 6.07 Å². The van der Waals surface area contributed by atoms with Crippen LogP contribution >= 0.6 is 0 Å². The molecule has 0 saturated heterocycles. The first kappa shape index (κ1) is 17.3. The molecule has 3 rings (SSSR count). The van der Waals surface area contributed by atoms with Gasteiger partial charge < -0.3 is 15.0 Å². The SMILES string of the molecule is C[C@@H](OC(=O)c1cc(=O)c2ccccc2[nH]1)C(=O)Nc1ccc(F)cc1. The number of benzene rings is 2.